The molecule has 88 valence electrons. The number of anilines is 1. The fourth-order valence-corrected chi connectivity index (χ4v) is 1.60. The highest BCUT2D eigenvalue weighted by Gasteiger charge is 2.04. The van der Waals surface area contributed by atoms with Crippen molar-refractivity contribution in [2.75, 3.05) is 24.6 Å². The van der Waals surface area contributed by atoms with Crippen LogP contribution < -0.4 is 4.90 Å². The molecule has 1 aromatic carbocycles. The molecule has 0 saturated heterocycles. The summed E-state index contributed by atoms with van der Waals surface area (Å²) in [6.45, 7) is 8.46. The Balaban J connectivity index is 2.52. The van der Waals surface area contributed by atoms with Crippen LogP contribution in [0.15, 0.2) is 43.2 Å². The van der Waals surface area contributed by atoms with Crippen LogP contribution in [0.5, 0.6) is 0 Å². The Bertz CT molecular complexity index is 284. The van der Waals surface area contributed by atoms with Crippen molar-refractivity contribution in [1.82, 2.24) is 0 Å². The second kappa shape index (κ2) is 7.80. The minimum Gasteiger partial charge on any atom is -0.500 e. The van der Waals surface area contributed by atoms with Gasteiger partial charge in [0, 0.05) is 12.2 Å². The molecule has 0 heterocycles. The average Bonchev–Trinajstić information content (AvgIpc) is 2.35. The number of hydrogen-bond acceptors (Lipinski definition) is 2. The SMILES string of the molecule is C=COCCN(CCCC)c1ccccc1. The van der Waals surface area contributed by atoms with Gasteiger partial charge in [0.15, 0.2) is 0 Å². The molecule has 0 aliphatic heterocycles. The van der Waals surface area contributed by atoms with E-state index in [4.69, 9.17) is 4.74 Å². The summed E-state index contributed by atoms with van der Waals surface area (Å²) in [5, 5.41) is 0. The standard InChI is InChI=1S/C14H21NO/c1-3-5-11-15(12-13-16-4-2)14-9-7-6-8-10-14/h4,6-10H,2-3,5,11-13H2,1H3. The fourth-order valence-electron chi connectivity index (χ4n) is 1.60. The Kier molecular flexibility index (Phi) is 6.16. The summed E-state index contributed by atoms with van der Waals surface area (Å²) in [4.78, 5) is 2.35. The molecule has 0 saturated carbocycles. The lowest BCUT2D eigenvalue weighted by Crippen LogP contribution is -2.28. The molecule has 0 atom stereocenters. The van der Waals surface area contributed by atoms with Crippen LogP contribution in [0.3, 0.4) is 0 Å². The topological polar surface area (TPSA) is 12.5 Å². The minimum atomic E-state index is 0.697. The van der Waals surface area contributed by atoms with Crippen molar-refractivity contribution in [3.63, 3.8) is 0 Å². The van der Waals surface area contributed by atoms with Gasteiger partial charge in [-0.05, 0) is 18.6 Å². The molecule has 1 aromatic rings. The van der Waals surface area contributed by atoms with Crippen LogP contribution in [0.25, 0.3) is 0 Å². The number of para-hydroxylation sites is 1. The van der Waals surface area contributed by atoms with E-state index in [-0.39, 0.29) is 0 Å². The lowest BCUT2D eigenvalue weighted by molar-refractivity contribution is 0.257. The number of ether oxygens (including phenoxy) is 1. The highest BCUT2D eigenvalue weighted by Crippen LogP contribution is 2.13. The fraction of sp³-hybridized carbons (Fsp3) is 0.429. The van der Waals surface area contributed by atoms with Crippen molar-refractivity contribution in [2.24, 2.45) is 0 Å². The van der Waals surface area contributed by atoms with Crippen LogP contribution in [0.1, 0.15) is 19.8 Å². The lowest BCUT2D eigenvalue weighted by Gasteiger charge is -2.24. The Hall–Kier alpha value is -1.44. The van der Waals surface area contributed by atoms with Gasteiger partial charge in [-0.25, -0.2) is 0 Å². The largest absolute Gasteiger partial charge is 0.500 e. The molecule has 0 radical (unpaired) electrons. The van der Waals surface area contributed by atoms with E-state index in [1.165, 1.54) is 24.8 Å². The number of hydrogen-bond donors (Lipinski definition) is 0. The summed E-state index contributed by atoms with van der Waals surface area (Å²) in [5.41, 5.74) is 1.27. The van der Waals surface area contributed by atoms with Crippen molar-refractivity contribution >= 4 is 5.69 Å². The zero-order chi connectivity index (χ0) is 11.6. The first-order valence-corrected chi connectivity index (χ1v) is 5.91. The van der Waals surface area contributed by atoms with Crippen LogP contribution in [-0.4, -0.2) is 19.7 Å². The molecule has 2 heteroatoms. The van der Waals surface area contributed by atoms with Gasteiger partial charge in [-0.2, -0.15) is 0 Å². The first-order valence-electron chi connectivity index (χ1n) is 5.91. The summed E-state index contributed by atoms with van der Waals surface area (Å²) in [5.74, 6) is 0. The minimum absolute atomic E-state index is 0.697. The molecule has 16 heavy (non-hydrogen) atoms. The highest BCUT2D eigenvalue weighted by atomic mass is 16.5. The van der Waals surface area contributed by atoms with Crippen molar-refractivity contribution in [3.05, 3.63) is 43.2 Å². The molecule has 0 N–H and O–H groups in total. The number of nitrogens with zero attached hydrogens (tertiary/aromatic N) is 1. The Labute approximate surface area is 98.5 Å². The van der Waals surface area contributed by atoms with E-state index in [1.807, 2.05) is 6.07 Å². The van der Waals surface area contributed by atoms with E-state index >= 15 is 0 Å². The van der Waals surface area contributed by atoms with Gasteiger partial charge in [-0.1, -0.05) is 38.1 Å². The summed E-state index contributed by atoms with van der Waals surface area (Å²) in [6.07, 6.45) is 3.93. The normalized spacial score (nSPS) is 9.81. The molecule has 2 nitrogen and oxygen atoms in total. The average molecular weight is 219 g/mol. The van der Waals surface area contributed by atoms with Crippen LogP contribution in [0, 0.1) is 0 Å². The van der Waals surface area contributed by atoms with E-state index in [9.17, 15) is 0 Å². The lowest BCUT2D eigenvalue weighted by atomic mass is 10.2. The van der Waals surface area contributed by atoms with Gasteiger partial charge in [0.25, 0.3) is 0 Å². The highest BCUT2D eigenvalue weighted by molar-refractivity contribution is 5.45. The predicted octanol–water partition coefficient (Wildman–Crippen LogP) is 3.45. The first-order chi connectivity index (χ1) is 7.88. The zero-order valence-electron chi connectivity index (χ0n) is 10.1. The maximum atomic E-state index is 5.19. The summed E-state index contributed by atoms with van der Waals surface area (Å²) >= 11 is 0. The van der Waals surface area contributed by atoms with Crippen molar-refractivity contribution in [1.29, 1.82) is 0 Å². The second-order valence-corrected chi connectivity index (χ2v) is 3.71. The Morgan fingerprint density at radius 2 is 2.00 bits per heavy atom. The zero-order valence-corrected chi connectivity index (χ0v) is 10.1. The number of benzene rings is 1. The summed E-state index contributed by atoms with van der Waals surface area (Å²) < 4.78 is 5.19. The van der Waals surface area contributed by atoms with Gasteiger partial charge in [-0.15, -0.1) is 0 Å². The van der Waals surface area contributed by atoms with Gasteiger partial charge >= 0.3 is 0 Å². The smallest absolute Gasteiger partial charge is 0.105 e. The molecule has 0 spiro atoms. The van der Waals surface area contributed by atoms with Gasteiger partial charge in [0.05, 0.1) is 12.8 Å². The third-order valence-electron chi connectivity index (χ3n) is 2.50. The quantitative estimate of drug-likeness (QED) is 0.490. The van der Waals surface area contributed by atoms with Gasteiger partial charge in [-0.3, -0.25) is 0 Å². The number of unbranched alkanes of at least 4 members (excludes halogenated alkanes) is 1. The maximum absolute atomic E-state index is 5.19. The van der Waals surface area contributed by atoms with Gasteiger partial charge in [0.1, 0.15) is 6.61 Å². The van der Waals surface area contributed by atoms with Crippen LogP contribution in [0.4, 0.5) is 5.69 Å². The molecule has 0 bridgehead atoms. The molecule has 0 aliphatic rings. The molecular weight excluding hydrogens is 198 g/mol. The molecule has 0 aromatic heterocycles. The monoisotopic (exact) mass is 219 g/mol. The third kappa shape index (κ3) is 4.39. The molecule has 0 fully saturated rings. The Morgan fingerprint density at radius 3 is 2.62 bits per heavy atom. The van der Waals surface area contributed by atoms with E-state index in [2.05, 4.69) is 42.7 Å². The predicted molar refractivity (Wildman–Crippen MR) is 69.7 cm³/mol. The van der Waals surface area contributed by atoms with E-state index in [1.54, 1.807) is 0 Å². The van der Waals surface area contributed by atoms with Crippen LogP contribution >= 0.6 is 0 Å². The summed E-state index contributed by atoms with van der Waals surface area (Å²) in [6, 6.07) is 10.5. The van der Waals surface area contributed by atoms with E-state index < -0.39 is 0 Å². The van der Waals surface area contributed by atoms with Crippen LogP contribution in [0.2, 0.25) is 0 Å². The number of rotatable bonds is 8. The first kappa shape index (κ1) is 12.6. The third-order valence-corrected chi connectivity index (χ3v) is 2.50. The van der Waals surface area contributed by atoms with Crippen molar-refractivity contribution in [3.8, 4) is 0 Å². The molecule has 1 rings (SSSR count). The van der Waals surface area contributed by atoms with E-state index in [0.29, 0.717) is 6.61 Å². The molecule has 0 aliphatic carbocycles. The molecule has 0 amide bonds. The van der Waals surface area contributed by atoms with Crippen molar-refractivity contribution in [2.45, 2.75) is 19.8 Å². The van der Waals surface area contributed by atoms with E-state index in [0.717, 1.165) is 13.1 Å². The Morgan fingerprint density at radius 1 is 1.25 bits per heavy atom. The molecular formula is C14H21NO. The van der Waals surface area contributed by atoms with Gasteiger partial charge in [0.2, 0.25) is 0 Å². The van der Waals surface area contributed by atoms with Crippen LogP contribution in [-0.2, 0) is 4.74 Å². The van der Waals surface area contributed by atoms with Crippen molar-refractivity contribution < 1.29 is 4.74 Å². The van der Waals surface area contributed by atoms with Gasteiger partial charge < -0.3 is 9.64 Å². The maximum Gasteiger partial charge on any atom is 0.105 e. The summed E-state index contributed by atoms with van der Waals surface area (Å²) in [7, 11) is 0. The second-order valence-electron chi connectivity index (χ2n) is 3.71. The molecule has 0 unspecified atom stereocenters.